The molecule has 1 aromatic rings. The van der Waals surface area contributed by atoms with Gasteiger partial charge in [0.05, 0.1) is 16.7 Å². The van der Waals surface area contributed by atoms with Crippen LogP contribution in [0.3, 0.4) is 0 Å². The zero-order valence-corrected chi connectivity index (χ0v) is 13.7. The van der Waals surface area contributed by atoms with E-state index in [1.807, 2.05) is 0 Å². The van der Waals surface area contributed by atoms with Crippen molar-refractivity contribution in [3.63, 3.8) is 0 Å². The Kier molecular flexibility index (Phi) is 5.95. The fraction of sp³-hybridized carbons (Fsp3) is 0.308. The van der Waals surface area contributed by atoms with Crippen molar-refractivity contribution in [1.82, 2.24) is 0 Å². The van der Waals surface area contributed by atoms with Crippen LogP contribution in [-0.4, -0.2) is 33.2 Å². The fourth-order valence-corrected chi connectivity index (χ4v) is 1.85. The van der Waals surface area contributed by atoms with Crippen LogP contribution in [0, 0.1) is 0 Å². The van der Waals surface area contributed by atoms with E-state index in [9.17, 15) is 19.5 Å². The molecule has 104 valence electrons. The number of benzene rings is 1. The summed E-state index contributed by atoms with van der Waals surface area (Å²) in [7, 11) is 0. The Balaban J connectivity index is 0. The molecule has 1 rings (SSSR count). The van der Waals surface area contributed by atoms with Gasteiger partial charge in [0.1, 0.15) is 0 Å². The molecular weight excluding hydrogens is 275 g/mol. The largest absolute Gasteiger partial charge is 1.00 e. The van der Waals surface area contributed by atoms with E-state index in [0.29, 0.717) is 0 Å². The first-order chi connectivity index (χ1) is 8.57. The molecule has 3 N–H and O–H groups in total. The third-order valence-corrected chi connectivity index (χ3v) is 2.67. The van der Waals surface area contributed by atoms with Crippen LogP contribution in [0.15, 0.2) is 12.1 Å². The molecule has 0 atom stereocenters. The number of aromatic carboxylic acids is 3. The minimum Gasteiger partial charge on any atom is -1.00 e. The molecule has 0 unspecified atom stereocenters. The van der Waals surface area contributed by atoms with Crippen molar-refractivity contribution in [3.05, 3.63) is 34.4 Å². The molecule has 0 aromatic heterocycles. The standard InChI is InChI=1S/C13H14O6.Na.H/c1-13(2,3)7-5-4-6(10(14)15)8(11(16)17)9(7)12(18)19;;/h4-5H,1-3H3,(H,14,15)(H,16,17)(H,18,19);;/q;+1;-1. The van der Waals surface area contributed by atoms with E-state index >= 15 is 0 Å². The molecule has 20 heavy (non-hydrogen) atoms. The second-order valence-corrected chi connectivity index (χ2v) is 5.08. The topological polar surface area (TPSA) is 112 Å². The first-order valence-corrected chi connectivity index (χ1v) is 5.44. The van der Waals surface area contributed by atoms with Gasteiger partial charge in [-0.3, -0.25) is 0 Å². The van der Waals surface area contributed by atoms with Crippen LogP contribution in [0.25, 0.3) is 0 Å². The van der Waals surface area contributed by atoms with Crippen LogP contribution in [0.4, 0.5) is 0 Å². The second-order valence-electron chi connectivity index (χ2n) is 5.08. The van der Waals surface area contributed by atoms with Gasteiger partial charge in [0.15, 0.2) is 0 Å². The fourth-order valence-electron chi connectivity index (χ4n) is 1.85. The predicted octanol–water partition coefficient (Wildman–Crippen LogP) is -0.805. The Morgan fingerprint density at radius 3 is 1.65 bits per heavy atom. The van der Waals surface area contributed by atoms with Crippen molar-refractivity contribution in [3.8, 4) is 0 Å². The van der Waals surface area contributed by atoms with Crippen LogP contribution in [0.1, 0.15) is 58.8 Å². The molecule has 1 aromatic carbocycles. The van der Waals surface area contributed by atoms with E-state index in [0.717, 1.165) is 6.07 Å². The molecule has 0 saturated heterocycles. The van der Waals surface area contributed by atoms with Crippen molar-refractivity contribution >= 4 is 17.9 Å². The van der Waals surface area contributed by atoms with E-state index < -0.39 is 40.0 Å². The average molecular weight is 290 g/mol. The van der Waals surface area contributed by atoms with Gasteiger partial charge < -0.3 is 16.7 Å². The molecule has 0 radical (unpaired) electrons. The summed E-state index contributed by atoms with van der Waals surface area (Å²) >= 11 is 0. The average Bonchev–Trinajstić information content (AvgIpc) is 2.25. The van der Waals surface area contributed by atoms with Gasteiger partial charge in [-0.05, 0) is 17.0 Å². The predicted molar refractivity (Wildman–Crippen MR) is 67.1 cm³/mol. The molecule has 0 aliphatic rings. The van der Waals surface area contributed by atoms with E-state index in [-0.39, 0.29) is 36.5 Å². The Bertz CT molecular complexity index is 577. The number of hydrogen-bond donors (Lipinski definition) is 3. The van der Waals surface area contributed by atoms with Gasteiger partial charge in [0, 0.05) is 0 Å². The van der Waals surface area contributed by atoms with Gasteiger partial charge in [-0.1, -0.05) is 26.8 Å². The zero-order chi connectivity index (χ0) is 15.0. The van der Waals surface area contributed by atoms with Crippen LogP contribution in [0.5, 0.6) is 0 Å². The summed E-state index contributed by atoms with van der Waals surface area (Å²) in [5.41, 5.74) is -2.03. The van der Waals surface area contributed by atoms with Crippen LogP contribution in [0.2, 0.25) is 0 Å². The molecule has 0 fully saturated rings. The summed E-state index contributed by atoms with van der Waals surface area (Å²) in [5, 5.41) is 27.3. The molecule has 0 aliphatic carbocycles. The van der Waals surface area contributed by atoms with E-state index in [2.05, 4.69) is 0 Å². The maximum Gasteiger partial charge on any atom is 1.00 e. The summed E-state index contributed by atoms with van der Waals surface area (Å²) in [4.78, 5) is 33.5. The van der Waals surface area contributed by atoms with Crippen molar-refractivity contribution in [1.29, 1.82) is 0 Å². The quantitative estimate of drug-likeness (QED) is 0.628. The monoisotopic (exact) mass is 290 g/mol. The Morgan fingerprint density at radius 1 is 0.900 bits per heavy atom. The molecule has 0 saturated carbocycles. The molecule has 0 heterocycles. The maximum atomic E-state index is 11.3. The molecule has 0 aliphatic heterocycles. The summed E-state index contributed by atoms with van der Waals surface area (Å²) < 4.78 is 0. The van der Waals surface area contributed by atoms with Gasteiger partial charge >= 0.3 is 47.5 Å². The summed E-state index contributed by atoms with van der Waals surface area (Å²) in [5.74, 6) is -4.49. The van der Waals surface area contributed by atoms with Gasteiger partial charge in [0.2, 0.25) is 0 Å². The van der Waals surface area contributed by atoms with Crippen molar-refractivity contribution < 1.29 is 60.7 Å². The van der Waals surface area contributed by atoms with Crippen LogP contribution < -0.4 is 29.6 Å². The summed E-state index contributed by atoms with van der Waals surface area (Å²) in [6.07, 6.45) is 0. The Morgan fingerprint density at radius 2 is 1.35 bits per heavy atom. The number of carboxylic acid groups (broad SMARTS) is 3. The first kappa shape index (κ1) is 18.6. The molecule has 6 nitrogen and oxygen atoms in total. The van der Waals surface area contributed by atoms with Crippen LogP contribution >= 0.6 is 0 Å². The Labute approximate surface area is 139 Å². The first-order valence-electron chi connectivity index (χ1n) is 5.44. The number of carbonyl (C=O) groups is 3. The van der Waals surface area contributed by atoms with Gasteiger partial charge in [-0.15, -0.1) is 0 Å². The van der Waals surface area contributed by atoms with E-state index in [1.54, 1.807) is 20.8 Å². The normalized spacial score (nSPS) is 10.6. The van der Waals surface area contributed by atoms with Gasteiger partial charge in [-0.25, -0.2) is 14.4 Å². The SMILES string of the molecule is CC(C)(C)c1ccc(C(=O)O)c(C(=O)O)c1C(=O)O.[H-].[Na+]. The molecular formula is C13H15NaO6. The maximum absolute atomic E-state index is 11.3. The molecule has 0 spiro atoms. The molecule has 0 amide bonds. The third kappa shape index (κ3) is 3.59. The van der Waals surface area contributed by atoms with Crippen molar-refractivity contribution in [2.45, 2.75) is 26.2 Å². The second kappa shape index (κ2) is 6.39. The Hall–Kier alpha value is -1.37. The summed E-state index contributed by atoms with van der Waals surface area (Å²) in [6.45, 7) is 5.17. The molecule has 0 bridgehead atoms. The summed E-state index contributed by atoms with van der Waals surface area (Å²) in [6, 6.07) is 2.47. The van der Waals surface area contributed by atoms with Crippen molar-refractivity contribution in [2.75, 3.05) is 0 Å². The number of hydrogen-bond acceptors (Lipinski definition) is 3. The number of carboxylic acids is 3. The van der Waals surface area contributed by atoms with Crippen LogP contribution in [-0.2, 0) is 5.41 Å². The van der Waals surface area contributed by atoms with Gasteiger partial charge in [-0.2, -0.15) is 0 Å². The van der Waals surface area contributed by atoms with E-state index in [4.69, 9.17) is 10.2 Å². The minimum atomic E-state index is -1.57. The smallest absolute Gasteiger partial charge is 1.00 e. The van der Waals surface area contributed by atoms with Crippen molar-refractivity contribution in [2.24, 2.45) is 0 Å². The molecule has 7 heteroatoms. The van der Waals surface area contributed by atoms with E-state index in [1.165, 1.54) is 6.07 Å². The number of rotatable bonds is 3. The van der Waals surface area contributed by atoms with Gasteiger partial charge in [0.25, 0.3) is 0 Å². The minimum absolute atomic E-state index is 0. The third-order valence-electron chi connectivity index (χ3n) is 2.67. The zero-order valence-electron chi connectivity index (χ0n) is 12.7.